The predicted molar refractivity (Wildman–Crippen MR) is 139 cm³/mol. The monoisotopic (exact) mass is 498 g/mol. The van der Waals surface area contributed by atoms with E-state index in [0.29, 0.717) is 33.7 Å². The van der Waals surface area contributed by atoms with Crippen molar-refractivity contribution >= 4 is 51.8 Å². The van der Waals surface area contributed by atoms with E-state index in [0.717, 1.165) is 6.42 Å². The third-order valence-corrected chi connectivity index (χ3v) is 5.95. The number of rotatable bonds is 9. The molecule has 0 radical (unpaired) electrons. The highest BCUT2D eigenvalue weighted by Gasteiger charge is 2.24. The lowest BCUT2D eigenvalue weighted by Crippen LogP contribution is -2.37. The van der Waals surface area contributed by atoms with Gasteiger partial charge in [0.05, 0.1) is 17.8 Å². The molecule has 0 aliphatic rings. The van der Waals surface area contributed by atoms with Crippen LogP contribution in [0.3, 0.4) is 0 Å². The summed E-state index contributed by atoms with van der Waals surface area (Å²) in [7, 11) is 3.55. The maximum atomic E-state index is 13.1. The molecule has 1 heterocycles. The molecule has 0 aliphatic carbocycles. The minimum atomic E-state index is -0.530. The number of carbonyl (C=O) groups is 3. The lowest BCUT2D eigenvalue weighted by atomic mass is 10.1. The first-order valence-corrected chi connectivity index (χ1v) is 11.9. The third-order valence-electron chi connectivity index (χ3n) is 5.72. The van der Waals surface area contributed by atoms with Gasteiger partial charge in [-0.1, -0.05) is 30.7 Å². The zero-order chi connectivity index (χ0) is 25.5. The highest BCUT2D eigenvalue weighted by molar-refractivity contribution is 6.31. The quantitative estimate of drug-likeness (QED) is 0.384. The van der Waals surface area contributed by atoms with Gasteiger partial charge in [0.15, 0.2) is 0 Å². The Balaban J connectivity index is 1.79. The lowest BCUT2D eigenvalue weighted by Gasteiger charge is -2.22. The molecule has 1 unspecified atom stereocenters. The summed E-state index contributed by atoms with van der Waals surface area (Å²) in [5, 5.41) is 6.74. The number of urea groups is 1. The van der Waals surface area contributed by atoms with Crippen LogP contribution in [-0.4, -0.2) is 54.1 Å². The summed E-state index contributed by atoms with van der Waals surface area (Å²) in [4.78, 5) is 39.8. The van der Waals surface area contributed by atoms with Crippen LogP contribution < -0.4 is 10.6 Å². The van der Waals surface area contributed by atoms with Crippen LogP contribution in [0.4, 0.5) is 16.2 Å². The molecule has 0 fully saturated rings. The second-order valence-corrected chi connectivity index (χ2v) is 8.80. The molecule has 0 bridgehead atoms. The smallest absolute Gasteiger partial charge is 0.323 e. The summed E-state index contributed by atoms with van der Waals surface area (Å²) in [6.45, 7) is 4.09. The van der Waals surface area contributed by atoms with Crippen LogP contribution in [0.5, 0.6) is 0 Å². The van der Waals surface area contributed by atoms with E-state index in [2.05, 4.69) is 17.6 Å². The third kappa shape index (κ3) is 6.61. The average Bonchev–Trinajstić information content (AvgIpc) is 3.16. The Morgan fingerprint density at radius 1 is 1.06 bits per heavy atom. The van der Waals surface area contributed by atoms with Gasteiger partial charge >= 0.3 is 12.0 Å². The minimum Gasteiger partial charge on any atom is -0.465 e. The van der Waals surface area contributed by atoms with Gasteiger partial charge in [-0.2, -0.15) is 0 Å². The predicted octanol–water partition coefficient (Wildman–Crippen LogP) is 5.41. The van der Waals surface area contributed by atoms with Gasteiger partial charge in [-0.3, -0.25) is 19.1 Å². The number of halogens is 1. The van der Waals surface area contributed by atoms with Crippen molar-refractivity contribution < 1.29 is 19.1 Å². The highest BCUT2D eigenvalue weighted by Crippen LogP contribution is 2.29. The molecule has 35 heavy (non-hydrogen) atoms. The number of aryl methyl sites for hydroxylation is 1. The topological polar surface area (TPSA) is 92.7 Å². The molecule has 2 amide bonds. The van der Waals surface area contributed by atoms with Crippen molar-refractivity contribution in [1.29, 1.82) is 0 Å². The van der Waals surface area contributed by atoms with Crippen LogP contribution in [0, 0.1) is 0 Å². The second-order valence-electron chi connectivity index (χ2n) is 8.37. The molecule has 2 aromatic carbocycles. The van der Waals surface area contributed by atoms with Gasteiger partial charge in [0, 0.05) is 28.7 Å². The zero-order valence-electron chi connectivity index (χ0n) is 20.4. The van der Waals surface area contributed by atoms with Crippen molar-refractivity contribution in [3.63, 3.8) is 0 Å². The maximum absolute atomic E-state index is 13.1. The Hall–Kier alpha value is -3.36. The molecule has 0 aliphatic heterocycles. The van der Waals surface area contributed by atoms with Crippen LogP contribution in [0.25, 0.3) is 10.9 Å². The second kappa shape index (κ2) is 11.9. The lowest BCUT2D eigenvalue weighted by molar-refractivity contribution is -0.148. The SMILES string of the molecule is CCOC(=O)C(CCC(=O)n1cc(NC(=O)Nc2ccc(CC)cc2)c2cc(Cl)ccc21)N(C)C. The summed E-state index contributed by atoms with van der Waals surface area (Å²) in [6, 6.07) is 11.8. The van der Waals surface area contributed by atoms with Gasteiger partial charge in [-0.15, -0.1) is 0 Å². The average molecular weight is 499 g/mol. The number of amides is 2. The van der Waals surface area contributed by atoms with Crippen LogP contribution in [0.15, 0.2) is 48.7 Å². The molecule has 2 N–H and O–H groups in total. The van der Waals surface area contributed by atoms with Crippen molar-refractivity contribution in [2.24, 2.45) is 0 Å². The number of fused-ring (bicyclic) bond motifs is 1. The van der Waals surface area contributed by atoms with Crippen LogP contribution in [0.2, 0.25) is 5.02 Å². The molecule has 0 saturated heterocycles. The number of likely N-dealkylation sites (N-methyl/N-ethyl adjacent to an activating group) is 1. The number of aromatic nitrogens is 1. The van der Waals surface area contributed by atoms with Crippen LogP contribution >= 0.6 is 11.6 Å². The van der Waals surface area contributed by atoms with Gasteiger partial charge in [-0.25, -0.2) is 4.79 Å². The standard InChI is InChI=1S/C26H31ClN4O4/c1-5-17-7-10-19(11-8-17)28-26(34)29-21-16-31(22-12-9-18(27)15-20(21)22)24(32)14-13-23(30(3)4)25(33)35-6-2/h7-12,15-16,23H,5-6,13-14H2,1-4H3,(H2,28,29,34). The fraction of sp³-hybridized carbons (Fsp3) is 0.346. The van der Waals surface area contributed by atoms with Gasteiger partial charge < -0.3 is 15.4 Å². The summed E-state index contributed by atoms with van der Waals surface area (Å²) in [6.07, 6.45) is 2.91. The van der Waals surface area contributed by atoms with E-state index in [1.165, 1.54) is 10.1 Å². The number of nitrogens with zero attached hydrogens (tertiary/aromatic N) is 2. The largest absolute Gasteiger partial charge is 0.465 e. The molecular weight excluding hydrogens is 468 g/mol. The number of anilines is 2. The van der Waals surface area contributed by atoms with E-state index < -0.39 is 12.1 Å². The van der Waals surface area contributed by atoms with E-state index >= 15 is 0 Å². The molecule has 3 aromatic rings. The van der Waals surface area contributed by atoms with Gasteiger partial charge in [0.1, 0.15) is 6.04 Å². The van der Waals surface area contributed by atoms with Gasteiger partial charge in [-0.05, 0) is 69.8 Å². The number of benzene rings is 2. The highest BCUT2D eigenvalue weighted by atomic mass is 35.5. The van der Waals surface area contributed by atoms with E-state index in [9.17, 15) is 14.4 Å². The Bertz CT molecular complexity index is 1200. The van der Waals surface area contributed by atoms with E-state index in [-0.39, 0.29) is 24.9 Å². The van der Waals surface area contributed by atoms with E-state index in [4.69, 9.17) is 16.3 Å². The van der Waals surface area contributed by atoms with Crippen molar-refractivity contribution in [2.75, 3.05) is 31.3 Å². The molecule has 186 valence electrons. The molecule has 1 atom stereocenters. The molecule has 8 nitrogen and oxygen atoms in total. The molecule has 3 rings (SSSR count). The summed E-state index contributed by atoms with van der Waals surface area (Å²) < 4.78 is 6.61. The Labute approximate surface area is 210 Å². The maximum Gasteiger partial charge on any atom is 0.323 e. The first-order chi connectivity index (χ1) is 16.7. The van der Waals surface area contributed by atoms with Gasteiger partial charge in [0.25, 0.3) is 0 Å². The van der Waals surface area contributed by atoms with E-state index in [1.54, 1.807) is 50.3 Å². The first-order valence-electron chi connectivity index (χ1n) is 11.6. The van der Waals surface area contributed by atoms with Gasteiger partial charge in [0.2, 0.25) is 5.91 Å². The number of esters is 1. The van der Waals surface area contributed by atoms with Crippen molar-refractivity contribution in [3.8, 4) is 0 Å². The first kappa shape index (κ1) is 26.2. The summed E-state index contributed by atoms with van der Waals surface area (Å²) in [5.41, 5.74) is 2.89. The summed E-state index contributed by atoms with van der Waals surface area (Å²) in [5.74, 6) is -0.572. The van der Waals surface area contributed by atoms with Crippen LogP contribution in [-0.2, 0) is 16.0 Å². The number of hydrogen-bond donors (Lipinski definition) is 2. The normalized spacial score (nSPS) is 11.9. The Morgan fingerprint density at radius 3 is 2.40 bits per heavy atom. The Morgan fingerprint density at radius 2 is 1.77 bits per heavy atom. The minimum absolute atomic E-state index is 0.115. The number of carbonyl (C=O) groups excluding carboxylic acids is 3. The molecule has 9 heteroatoms. The molecule has 1 aromatic heterocycles. The Kier molecular flexibility index (Phi) is 8.89. The van der Waals surface area contributed by atoms with Crippen molar-refractivity contribution in [2.45, 2.75) is 39.2 Å². The number of nitrogens with one attached hydrogen (secondary N) is 2. The van der Waals surface area contributed by atoms with Crippen LogP contribution in [0.1, 0.15) is 37.0 Å². The number of hydrogen-bond acceptors (Lipinski definition) is 5. The zero-order valence-corrected chi connectivity index (χ0v) is 21.2. The molecule has 0 spiro atoms. The fourth-order valence-corrected chi connectivity index (χ4v) is 3.99. The molecule has 0 saturated carbocycles. The van der Waals surface area contributed by atoms with E-state index in [1.807, 2.05) is 24.3 Å². The number of ether oxygens (including phenoxy) is 1. The van der Waals surface area contributed by atoms with Crippen molar-refractivity contribution in [3.05, 3.63) is 59.2 Å². The fourth-order valence-electron chi connectivity index (χ4n) is 3.82. The molecular formula is C26H31ClN4O4. The van der Waals surface area contributed by atoms with Crippen molar-refractivity contribution in [1.82, 2.24) is 9.47 Å². The summed E-state index contributed by atoms with van der Waals surface area (Å²) >= 11 is 6.20.